The van der Waals surface area contributed by atoms with E-state index >= 15 is 0 Å². The Labute approximate surface area is 167 Å². The van der Waals surface area contributed by atoms with Crippen LogP contribution in [0.15, 0.2) is 53.5 Å². The van der Waals surface area contributed by atoms with Crippen molar-refractivity contribution in [2.45, 2.75) is 41.0 Å². The number of phenolic OH excluding ortho intramolecular Hbond substituents is 1. The number of aryl methyl sites for hydroxylation is 4. The molecule has 0 heterocycles. The summed E-state index contributed by atoms with van der Waals surface area (Å²) < 4.78 is 0. The molecule has 144 valence electrons. The molecule has 0 atom stereocenters. The molecule has 0 amide bonds. The van der Waals surface area contributed by atoms with Crippen molar-refractivity contribution >= 4 is 17.1 Å². The maximum absolute atomic E-state index is 9.47. The molecule has 3 aromatic carbocycles. The summed E-state index contributed by atoms with van der Waals surface area (Å²) in [5.74, 6) is 0.265. The summed E-state index contributed by atoms with van der Waals surface area (Å²) in [6.45, 7) is 10.3. The van der Waals surface area contributed by atoms with Crippen molar-refractivity contribution in [3.05, 3.63) is 87.5 Å². The lowest BCUT2D eigenvalue weighted by Crippen LogP contribution is -1.98. The average molecular weight is 373 g/mol. The zero-order chi connectivity index (χ0) is 20.4. The summed E-state index contributed by atoms with van der Waals surface area (Å²) >= 11 is 0. The third-order valence-electron chi connectivity index (χ3n) is 5.18. The zero-order valence-corrected chi connectivity index (χ0v) is 17.3. The van der Waals surface area contributed by atoms with Gasteiger partial charge in [-0.25, -0.2) is 0 Å². The number of benzene rings is 3. The lowest BCUT2D eigenvalue weighted by Gasteiger charge is -2.13. The van der Waals surface area contributed by atoms with Crippen LogP contribution < -0.4 is 5.73 Å². The number of phenols is 1. The van der Waals surface area contributed by atoms with E-state index < -0.39 is 0 Å². The van der Waals surface area contributed by atoms with E-state index in [0.29, 0.717) is 0 Å². The highest BCUT2D eigenvalue weighted by Gasteiger charge is 2.08. The van der Waals surface area contributed by atoms with Crippen molar-refractivity contribution < 1.29 is 5.11 Å². The molecule has 0 aliphatic carbocycles. The summed E-state index contributed by atoms with van der Waals surface area (Å²) in [6.07, 6.45) is 0.880. The lowest BCUT2D eigenvalue weighted by molar-refractivity contribution is 0.475. The number of nitrogen functional groups attached to an aromatic ring is 1. The Balaban J connectivity index is 1.91. The number of nitrogens with two attached hydrogens (primary N) is 1. The van der Waals surface area contributed by atoms with E-state index in [1.807, 2.05) is 19.1 Å². The molecule has 0 fully saturated rings. The Bertz CT molecular complexity index is 1000. The van der Waals surface area contributed by atoms with Gasteiger partial charge in [-0.05, 0) is 104 Å². The van der Waals surface area contributed by atoms with E-state index in [9.17, 15) is 5.11 Å². The van der Waals surface area contributed by atoms with E-state index in [0.717, 1.165) is 51.3 Å². The Morgan fingerprint density at radius 1 is 0.821 bits per heavy atom. The number of hydrogen-bond donors (Lipinski definition) is 2. The number of hydrogen-bond acceptors (Lipinski definition) is 3. The second kappa shape index (κ2) is 7.89. The molecular weight excluding hydrogens is 344 g/mol. The fraction of sp³-hybridized carbons (Fsp3) is 0.240. The van der Waals surface area contributed by atoms with Gasteiger partial charge in [-0.1, -0.05) is 24.3 Å². The minimum Gasteiger partial charge on any atom is -0.508 e. The van der Waals surface area contributed by atoms with Crippen LogP contribution in [0, 0.1) is 27.7 Å². The van der Waals surface area contributed by atoms with Crippen LogP contribution in [0.25, 0.3) is 0 Å². The standard InChI is InChI=1S/C25H28N2O/c1-15-10-20(11-16(2)24(15)26)14-21-12-17(3)25(18(4)13-21)27-19(5)22-6-8-23(28)9-7-22/h6-13,28H,14,26H2,1-5H3. The summed E-state index contributed by atoms with van der Waals surface area (Å²) in [4.78, 5) is 4.86. The Hall–Kier alpha value is -3.07. The van der Waals surface area contributed by atoms with Gasteiger partial charge in [0.15, 0.2) is 0 Å². The maximum atomic E-state index is 9.47. The normalized spacial score (nSPS) is 11.7. The molecule has 0 aromatic heterocycles. The molecule has 3 N–H and O–H groups in total. The minimum absolute atomic E-state index is 0.265. The fourth-order valence-corrected chi connectivity index (χ4v) is 3.66. The zero-order valence-electron chi connectivity index (χ0n) is 17.3. The monoisotopic (exact) mass is 372 g/mol. The van der Waals surface area contributed by atoms with Crippen molar-refractivity contribution in [2.75, 3.05) is 5.73 Å². The summed E-state index contributed by atoms with van der Waals surface area (Å²) in [7, 11) is 0. The third-order valence-corrected chi connectivity index (χ3v) is 5.18. The Morgan fingerprint density at radius 3 is 1.79 bits per heavy atom. The van der Waals surface area contributed by atoms with Crippen LogP contribution in [0.2, 0.25) is 0 Å². The smallest absolute Gasteiger partial charge is 0.115 e. The number of anilines is 1. The molecule has 0 saturated carbocycles. The van der Waals surface area contributed by atoms with Gasteiger partial charge in [0, 0.05) is 11.4 Å². The van der Waals surface area contributed by atoms with Gasteiger partial charge in [-0.2, -0.15) is 0 Å². The van der Waals surface area contributed by atoms with Gasteiger partial charge in [0.2, 0.25) is 0 Å². The van der Waals surface area contributed by atoms with Crippen LogP contribution in [0.1, 0.15) is 45.9 Å². The van der Waals surface area contributed by atoms with Crippen LogP contribution in [-0.4, -0.2) is 10.8 Å². The molecule has 28 heavy (non-hydrogen) atoms. The van der Waals surface area contributed by atoms with Crippen LogP contribution in [0.4, 0.5) is 11.4 Å². The topological polar surface area (TPSA) is 58.6 Å². The fourth-order valence-electron chi connectivity index (χ4n) is 3.66. The van der Waals surface area contributed by atoms with Gasteiger partial charge < -0.3 is 10.8 Å². The number of rotatable bonds is 4. The van der Waals surface area contributed by atoms with Crippen LogP contribution in [-0.2, 0) is 6.42 Å². The third kappa shape index (κ3) is 4.25. The molecule has 0 bridgehead atoms. The molecule has 0 spiro atoms. The Morgan fingerprint density at radius 2 is 1.29 bits per heavy atom. The van der Waals surface area contributed by atoms with Gasteiger partial charge in [0.05, 0.1) is 5.69 Å². The van der Waals surface area contributed by atoms with Crippen molar-refractivity contribution in [2.24, 2.45) is 4.99 Å². The molecule has 0 saturated heterocycles. The van der Waals surface area contributed by atoms with Crippen molar-refractivity contribution in [3.8, 4) is 5.75 Å². The lowest BCUT2D eigenvalue weighted by atomic mass is 9.96. The Kier molecular flexibility index (Phi) is 5.55. The van der Waals surface area contributed by atoms with Crippen molar-refractivity contribution in [1.82, 2.24) is 0 Å². The summed E-state index contributed by atoms with van der Waals surface area (Å²) in [5, 5.41) is 9.47. The van der Waals surface area contributed by atoms with Crippen LogP contribution >= 0.6 is 0 Å². The van der Waals surface area contributed by atoms with Crippen LogP contribution in [0.5, 0.6) is 5.75 Å². The van der Waals surface area contributed by atoms with E-state index in [1.165, 1.54) is 11.1 Å². The molecule has 0 unspecified atom stereocenters. The SMILES string of the molecule is CC(=Nc1c(C)cc(Cc2cc(C)c(N)c(C)c2)cc1C)c1ccc(O)cc1. The number of aromatic hydroxyl groups is 1. The highest BCUT2D eigenvalue weighted by molar-refractivity contribution is 6.00. The molecule has 0 radical (unpaired) electrons. The highest BCUT2D eigenvalue weighted by Crippen LogP contribution is 2.28. The van der Waals surface area contributed by atoms with Gasteiger partial charge >= 0.3 is 0 Å². The van der Waals surface area contributed by atoms with Gasteiger partial charge in [-0.3, -0.25) is 4.99 Å². The van der Waals surface area contributed by atoms with Gasteiger partial charge in [0.1, 0.15) is 5.75 Å². The molecule has 0 aliphatic rings. The molecule has 3 aromatic rings. The first-order valence-electron chi connectivity index (χ1n) is 9.55. The molecule has 0 aliphatic heterocycles. The van der Waals surface area contributed by atoms with Crippen molar-refractivity contribution in [3.63, 3.8) is 0 Å². The first-order chi connectivity index (χ1) is 13.2. The predicted molar refractivity (Wildman–Crippen MR) is 119 cm³/mol. The minimum atomic E-state index is 0.265. The molecule has 3 heteroatoms. The summed E-state index contributed by atoms with van der Waals surface area (Å²) in [6, 6.07) is 15.9. The highest BCUT2D eigenvalue weighted by atomic mass is 16.3. The molecule has 3 rings (SSSR count). The van der Waals surface area contributed by atoms with E-state index in [-0.39, 0.29) is 5.75 Å². The first-order valence-corrected chi connectivity index (χ1v) is 9.55. The van der Waals surface area contributed by atoms with Crippen LogP contribution in [0.3, 0.4) is 0 Å². The predicted octanol–water partition coefficient (Wildman–Crippen LogP) is 5.94. The van der Waals surface area contributed by atoms with E-state index in [2.05, 4.69) is 52.0 Å². The number of aliphatic imine (C=N–C) groups is 1. The van der Waals surface area contributed by atoms with Gasteiger partial charge in [0.25, 0.3) is 0 Å². The van der Waals surface area contributed by atoms with Crippen molar-refractivity contribution in [1.29, 1.82) is 0 Å². The number of nitrogens with zero attached hydrogens (tertiary/aromatic N) is 1. The largest absolute Gasteiger partial charge is 0.508 e. The summed E-state index contributed by atoms with van der Waals surface area (Å²) in [5.41, 5.74) is 17.1. The second-order valence-corrected chi connectivity index (χ2v) is 7.64. The first kappa shape index (κ1) is 19.7. The molecule has 3 nitrogen and oxygen atoms in total. The van der Waals surface area contributed by atoms with E-state index in [1.54, 1.807) is 12.1 Å². The van der Waals surface area contributed by atoms with E-state index in [4.69, 9.17) is 10.7 Å². The van der Waals surface area contributed by atoms with Gasteiger partial charge in [-0.15, -0.1) is 0 Å². The quantitative estimate of drug-likeness (QED) is 0.440. The maximum Gasteiger partial charge on any atom is 0.115 e. The molecular formula is C25H28N2O. The second-order valence-electron chi connectivity index (χ2n) is 7.64. The average Bonchev–Trinajstić information content (AvgIpc) is 2.63.